The van der Waals surface area contributed by atoms with Crippen LogP contribution >= 0.6 is 0 Å². The lowest BCUT2D eigenvalue weighted by Crippen LogP contribution is -2.55. The fraction of sp³-hybridized carbons (Fsp3) is 0.500. The summed E-state index contributed by atoms with van der Waals surface area (Å²) in [5, 5.41) is 1.15. The molecule has 0 spiro atoms. The number of nitrogens with one attached hydrogen (secondary N) is 1. The zero-order valence-corrected chi connectivity index (χ0v) is 14.0. The van der Waals surface area contributed by atoms with Crippen LogP contribution in [0.2, 0.25) is 0 Å². The van der Waals surface area contributed by atoms with E-state index in [4.69, 9.17) is 0 Å². The second-order valence-corrected chi connectivity index (χ2v) is 7.55. The second kappa shape index (κ2) is 5.48. The maximum atomic E-state index is 13.3. The summed E-state index contributed by atoms with van der Waals surface area (Å²) in [5.74, 6) is 0.533. The smallest absolute Gasteiger partial charge is 0.125 e. The van der Waals surface area contributed by atoms with E-state index in [0.717, 1.165) is 23.9 Å². The fourth-order valence-electron chi connectivity index (χ4n) is 4.60. The average molecular weight is 312 g/mol. The second-order valence-electron chi connectivity index (χ2n) is 7.55. The molecule has 2 aromatic rings. The van der Waals surface area contributed by atoms with Crippen molar-refractivity contribution < 1.29 is 4.39 Å². The van der Waals surface area contributed by atoms with Gasteiger partial charge in [0, 0.05) is 36.2 Å². The Kier molecular flexibility index (Phi) is 3.56. The van der Waals surface area contributed by atoms with Crippen LogP contribution in [0.5, 0.6) is 0 Å². The minimum Gasteiger partial charge on any atom is -0.361 e. The minimum absolute atomic E-state index is 0.178. The highest BCUT2D eigenvalue weighted by Crippen LogP contribution is 2.45. The molecule has 3 unspecified atom stereocenters. The van der Waals surface area contributed by atoms with Gasteiger partial charge in [0.15, 0.2) is 0 Å². The molecule has 23 heavy (non-hydrogen) atoms. The summed E-state index contributed by atoms with van der Waals surface area (Å²) in [6, 6.07) is 5.60. The SMILES string of the molecule is CCC1(C)CC2C=CC1N(CCc1c[nH]c3cc(F)ccc13)C2. The first kappa shape index (κ1) is 14.9. The average Bonchev–Trinajstić information content (AvgIpc) is 2.95. The van der Waals surface area contributed by atoms with Gasteiger partial charge in [0.05, 0.1) is 0 Å². The van der Waals surface area contributed by atoms with Crippen LogP contribution in [-0.4, -0.2) is 29.0 Å². The third-order valence-corrected chi connectivity index (χ3v) is 6.08. The third kappa shape index (κ3) is 2.51. The van der Waals surface area contributed by atoms with Crippen molar-refractivity contribution in [3.05, 3.63) is 47.9 Å². The number of aromatic nitrogens is 1. The van der Waals surface area contributed by atoms with E-state index < -0.39 is 0 Å². The van der Waals surface area contributed by atoms with Gasteiger partial charge in [-0.05, 0) is 54.4 Å². The van der Waals surface area contributed by atoms with Crippen LogP contribution in [0.25, 0.3) is 10.9 Å². The summed E-state index contributed by atoms with van der Waals surface area (Å²) >= 11 is 0. The molecule has 1 saturated heterocycles. The quantitative estimate of drug-likeness (QED) is 0.822. The van der Waals surface area contributed by atoms with E-state index >= 15 is 0 Å². The monoisotopic (exact) mass is 312 g/mol. The highest BCUT2D eigenvalue weighted by molar-refractivity contribution is 5.83. The molecule has 1 N–H and O–H groups in total. The molecule has 0 radical (unpaired) electrons. The van der Waals surface area contributed by atoms with Gasteiger partial charge in [-0.1, -0.05) is 26.0 Å². The van der Waals surface area contributed by atoms with Crippen LogP contribution in [0.15, 0.2) is 36.5 Å². The predicted molar refractivity (Wildman–Crippen MR) is 93.0 cm³/mol. The highest BCUT2D eigenvalue weighted by atomic mass is 19.1. The first-order valence-electron chi connectivity index (χ1n) is 8.77. The van der Waals surface area contributed by atoms with Gasteiger partial charge in [0.2, 0.25) is 0 Å². The summed E-state index contributed by atoms with van der Waals surface area (Å²) < 4.78 is 13.3. The Bertz CT molecular complexity index is 747. The molecule has 0 saturated carbocycles. The predicted octanol–water partition coefficient (Wildman–Crippen LogP) is 4.53. The van der Waals surface area contributed by atoms with Crippen molar-refractivity contribution in [2.45, 2.75) is 39.2 Å². The van der Waals surface area contributed by atoms with Crippen molar-refractivity contribution in [2.75, 3.05) is 13.1 Å². The van der Waals surface area contributed by atoms with E-state index in [1.807, 2.05) is 12.3 Å². The lowest BCUT2D eigenvalue weighted by Gasteiger charge is -2.52. The molecule has 5 rings (SSSR count). The number of aromatic amines is 1. The van der Waals surface area contributed by atoms with Gasteiger partial charge in [-0.3, -0.25) is 4.90 Å². The molecule has 3 heteroatoms. The van der Waals surface area contributed by atoms with Crippen LogP contribution in [0.3, 0.4) is 0 Å². The van der Waals surface area contributed by atoms with Gasteiger partial charge in [-0.2, -0.15) is 0 Å². The van der Waals surface area contributed by atoms with Crippen LogP contribution in [-0.2, 0) is 6.42 Å². The van der Waals surface area contributed by atoms with Crippen molar-refractivity contribution in [2.24, 2.45) is 11.3 Å². The molecule has 0 amide bonds. The number of halogens is 1. The molecule has 3 aliphatic rings. The molecule has 3 heterocycles. The van der Waals surface area contributed by atoms with Crippen molar-refractivity contribution >= 4 is 10.9 Å². The zero-order chi connectivity index (χ0) is 16.0. The largest absolute Gasteiger partial charge is 0.361 e. The van der Waals surface area contributed by atoms with Crippen LogP contribution in [0.4, 0.5) is 4.39 Å². The Hall–Kier alpha value is -1.61. The first-order valence-corrected chi connectivity index (χ1v) is 8.77. The topological polar surface area (TPSA) is 19.0 Å². The van der Waals surface area contributed by atoms with E-state index in [1.54, 1.807) is 12.1 Å². The summed E-state index contributed by atoms with van der Waals surface area (Å²) in [6.45, 7) is 7.02. The Balaban J connectivity index is 1.51. The van der Waals surface area contributed by atoms with E-state index in [1.165, 1.54) is 24.9 Å². The molecule has 2 bridgehead atoms. The summed E-state index contributed by atoms with van der Waals surface area (Å²) in [5.41, 5.74) is 2.61. The molecule has 3 atom stereocenters. The van der Waals surface area contributed by atoms with Gasteiger partial charge in [0.1, 0.15) is 5.82 Å². The molecule has 2 nitrogen and oxygen atoms in total. The molecule has 1 aliphatic carbocycles. The number of fused-ring (bicyclic) bond motifs is 3. The van der Waals surface area contributed by atoms with Gasteiger partial charge >= 0.3 is 0 Å². The lowest BCUT2D eigenvalue weighted by atomic mass is 9.65. The van der Waals surface area contributed by atoms with E-state index in [9.17, 15) is 4.39 Å². The molecule has 122 valence electrons. The molecular formula is C20H25FN2. The number of hydrogen-bond acceptors (Lipinski definition) is 1. The summed E-state index contributed by atoms with van der Waals surface area (Å²) in [6.07, 6.45) is 10.5. The number of H-pyrrole nitrogens is 1. The van der Waals surface area contributed by atoms with E-state index in [-0.39, 0.29) is 5.82 Å². The van der Waals surface area contributed by atoms with Gasteiger partial charge in [0.25, 0.3) is 0 Å². The summed E-state index contributed by atoms with van der Waals surface area (Å²) in [4.78, 5) is 5.86. The Morgan fingerprint density at radius 3 is 3.00 bits per heavy atom. The normalized spacial score (nSPS) is 30.4. The van der Waals surface area contributed by atoms with Crippen molar-refractivity contribution in [3.8, 4) is 0 Å². The zero-order valence-electron chi connectivity index (χ0n) is 14.0. The maximum absolute atomic E-state index is 13.3. The first-order chi connectivity index (χ1) is 11.1. The highest BCUT2D eigenvalue weighted by Gasteiger charge is 2.44. The standard InChI is InChI=1S/C20H25FN2/c1-3-20(2)11-14-4-7-19(20)23(13-14)9-8-15-12-22-18-10-16(21)5-6-17(15)18/h4-7,10,12,14,19,22H,3,8-9,11,13H2,1-2H3. The Labute approximate surface area is 137 Å². The van der Waals surface area contributed by atoms with Crippen LogP contribution in [0, 0.1) is 17.2 Å². The number of benzene rings is 1. The maximum Gasteiger partial charge on any atom is 0.125 e. The minimum atomic E-state index is -0.178. The van der Waals surface area contributed by atoms with Crippen molar-refractivity contribution in [3.63, 3.8) is 0 Å². The van der Waals surface area contributed by atoms with Crippen LogP contribution < -0.4 is 0 Å². The number of piperidine rings is 1. The lowest BCUT2D eigenvalue weighted by molar-refractivity contribution is 0.0167. The Morgan fingerprint density at radius 2 is 2.22 bits per heavy atom. The Morgan fingerprint density at radius 1 is 1.35 bits per heavy atom. The third-order valence-electron chi connectivity index (χ3n) is 6.08. The van der Waals surface area contributed by atoms with E-state index in [0.29, 0.717) is 17.4 Å². The molecule has 2 aliphatic heterocycles. The molecule has 1 aromatic carbocycles. The molecule has 1 aromatic heterocycles. The van der Waals surface area contributed by atoms with Crippen molar-refractivity contribution in [1.29, 1.82) is 0 Å². The van der Waals surface area contributed by atoms with Crippen LogP contribution in [0.1, 0.15) is 32.3 Å². The van der Waals surface area contributed by atoms with Crippen molar-refractivity contribution in [1.82, 2.24) is 9.88 Å². The van der Waals surface area contributed by atoms with Gasteiger partial charge in [-0.15, -0.1) is 0 Å². The van der Waals surface area contributed by atoms with E-state index in [2.05, 4.69) is 35.9 Å². The van der Waals surface area contributed by atoms with Gasteiger partial charge in [-0.25, -0.2) is 4.39 Å². The molecule has 1 fully saturated rings. The number of nitrogens with zero attached hydrogens (tertiary/aromatic N) is 1. The number of hydrogen-bond donors (Lipinski definition) is 1. The van der Waals surface area contributed by atoms with Gasteiger partial charge < -0.3 is 4.98 Å². The summed E-state index contributed by atoms with van der Waals surface area (Å²) in [7, 11) is 0. The molecular weight excluding hydrogens is 287 g/mol. The fourth-order valence-corrected chi connectivity index (χ4v) is 4.60. The number of rotatable bonds is 4.